The first kappa shape index (κ1) is 34.5. The first-order valence-corrected chi connectivity index (χ1v) is 13.6. The molecule has 34 heavy (non-hydrogen) atoms. The highest BCUT2D eigenvalue weighted by atomic mass is 16.5. The smallest absolute Gasteiger partial charge is 0.333 e. The molecule has 0 aromatic carbocycles. The summed E-state index contributed by atoms with van der Waals surface area (Å²) in [4.78, 5) is 23.6. The Bertz CT molecular complexity index is 502. The van der Waals surface area contributed by atoms with E-state index < -0.39 is 0 Å². The lowest BCUT2D eigenvalue weighted by atomic mass is 10.0. The van der Waals surface area contributed by atoms with E-state index in [1.165, 1.54) is 102 Å². The van der Waals surface area contributed by atoms with Crippen LogP contribution in [0.4, 0.5) is 0 Å². The van der Waals surface area contributed by atoms with Crippen LogP contribution in [0.1, 0.15) is 117 Å². The van der Waals surface area contributed by atoms with Gasteiger partial charge in [-0.05, 0) is 27.4 Å². The van der Waals surface area contributed by atoms with Gasteiger partial charge in [0.25, 0.3) is 0 Å². The molecule has 0 atom stereocenters. The van der Waals surface area contributed by atoms with Crippen molar-refractivity contribution in [1.29, 1.82) is 0 Å². The van der Waals surface area contributed by atoms with E-state index in [1.54, 1.807) is 6.92 Å². The highest BCUT2D eigenvalue weighted by Gasteiger charge is 2.01. The number of rotatable bonds is 22. The predicted molar refractivity (Wildman–Crippen MR) is 145 cm³/mol. The molecule has 0 aliphatic rings. The van der Waals surface area contributed by atoms with Crippen LogP contribution in [0.5, 0.6) is 0 Å². The Labute approximate surface area is 211 Å². The van der Waals surface area contributed by atoms with Gasteiger partial charge in [0.2, 0.25) is 0 Å². The van der Waals surface area contributed by atoms with Gasteiger partial charge in [-0.15, -0.1) is 0 Å². The lowest BCUT2D eigenvalue weighted by molar-refractivity contribution is -0.139. The molecule has 0 amide bonds. The molecule has 0 aliphatic heterocycles. The molecule has 5 heteroatoms. The minimum atomic E-state index is -0.313. The van der Waals surface area contributed by atoms with Crippen LogP contribution in [0.15, 0.2) is 24.8 Å². The second-order valence-electron chi connectivity index (χ2n) is 9.39. The Morgan fingerprint density at radius 2 is 1.12 bits per heavy atom. The third-order valence-corrected chi connectivity index (χ3v) is 5.53. The molecule has 0 heterocycles. The molecule has 0 aliphatic carbocycles. The second kappa shape index (κ2) is 27.6. The van der Waals surface area contributed by atoms with E-state index in [2.05, 4.69) is 20.1 Å². The number of carbonyl (C=O) groups excluding carboxylic acids is 2. The minimum Gasteiger partial charge on any atom is -0.463 e. The molecule has 0 rings (SSSR count). The molecule has 0 fully saturated rings. The Kier molecular flexibility index (Phi) is 28.1. The molecule has 0 unspecified atom stereocenters. The maximum absolute atomic E-state index is 10.8. The van der Waals surface area contributed by atoms with Crippen LogP contribution >= 0.6 is 0 Å². The van der Waals surface area contributed by atoms with Gasteiger partial charge in [0.1, 0.15) is 6.61 Å². The van der Waals surface area contributed by atoms with Gasteiger partial charge in [0.15, 0.2) is 0 Å². The Balaban J connectivity index is 0. The van der Waals surface area contributed by atoms with E-state index in [9.17, 15) is 9.59 Å². The maximum Gasteiger partial charge on any atom is 0.333 e. The summed E-state index contributed by atoms with van der Waals surface area (Å²) in [6.45, 7) is 12.5. The van der Waals surface area contributed by atoms with Gasteiger partial charge in [0, 0.05) is 18.2 Å². The monoisotopic (exact) mass is 481 g/mol. The van der Waals surface area contributed by atoms with Crippen LogP contribution in [0.2, 0.25) is 0 Å². The molecule has 0 aromatic heterocycles. The van der Waals surface area contributed by atoms with Crippen LogP contribution in [0.3, 0.4) is 0 Å². The van der Waals surface area contributed by atoms with Gasteiger partial charge in [-0.3, -0.25) is 0 Å². The molecule has 0 saturated heterocycles. The molecular formula is C29H55NO4. The van der Waals surface area contributed by atoms with E-state index in [0.29, 0.717) is 18.8 Å². The number of hydrogen-bond donors (Lipinski definition) is 0. The Hall–Kier alpha value is -1.62. The lowest BCUT2D eigenvalue weighted by Crippen LogP contribution is -2.20. The number of likely N-dealkylation sites (N-methyl/N-ethyl adjacent to an activating group) is 1. The first-order chi connectivity index (χ1) is 16.3. The average Bonchev–Trinajstić information content (AvgIpc) is 2.80. The largest absolute Gasteiger partial charge is 0.463 e. The normalized spacial score (nSPS) is 10.4. The van der Waals surface area contributed by atoms with Crippen molar-refractivity contribution in [2.75, 3.05) is 33.9 Å². The summed E-state index contributed by atoms with van der Waals surface area (Å²) in [5.74, 6) is -0.613. The third kappa shape index (κ3) is 30.4. The zero-order chi connectivity index (χ0) is 25.9. The van der Waals surface area contributed by atoms with Crippen LogP contribution in [0.25, 0.3) is 0 Å². The number of hydrogen-bond acceptors (Lipinski definition) is 5. The van der Waals surface area contributed by atoms with Gasteiger partial charge < -0.3 is 14.4 Å². The van der Waals surface area contributed by atoms with E-state index in [4.69, 9.17) is 9.47 Å². The van der Waals surface area contributed by atoms with Crippen molar-refractivity contribution >= 4 is 11.9 Å². The van der Waals surface area contributed by atoms with Crippen LogP contribution in [-0.4, -0.2) is 50.7 Å². The van der Waals surface area contributed by atoms with E-state index in [-0.39, 0.29) is 11.9 Å². The summed E-state index contributed by atoms with van der Waals surface area (Å²) in [6, 6.07) is 0. The number of ether oxygens (including phenoxy) is 2. The summed E-state index contributed by atoms with van der Waals surface area (Å²) in [5, 5.41) is 0. The summed E-state index contributed by atoms with van der Waals surface area (Å²) in [7, 11) is 3.85. The zero-order valence-corrected chi connectivity index (χ0v) is 23.0. The number of unbranched alkanes of at least 4 members (excludes halogenated alkanes) is 15. The molecule has 0 N–H and O–H groups in total. The molecular weight excluding hydrogens is 426 g/mol. The standard InChI is InChI=1S/C21H40O2.C8H15NO2/c1-3-5-6-7-8-9-10-11-12-13-14-15-16-17-18-19-20-23-21(22)4-2;1-7(2)8(10)11-6-5-9(3)4/h4H,2-3,5-20H2,1H3;1,5-6H2,2-4H3. The molecule has 0 radical (unpaired) electrons. The number of nitrogens with zero attached hydrogens (tertiary/aromatic N) is 1. The molecule has 0 spiro atoms. The fraction of sp³-hybridized carbons (Fsp3) is 0.793. The lowest BCUT2D eigenvalue weighted by Gasteiger charge is -2.09. The minimum absolute atomic E-state index is 0.300. The topological polar surface area (TPSA) is 55.8 Å². The van der Waals surface area contributed by atoms with Crippen molar-refractivity contribution in [3.8, 4) is 0 Å². The highest BCUT2D eigenvalue weighted by Crippen LogP contribution is 2.13. The van der Waals surface area contributed by atoms with Crippen molar-refractivity contribution < 1.29 is 19.1 Å². The van der Waals surface area contributed by atoms with Crippen LogP contribution < -0.4 is 0 Å². The second-order valence-corrected chi connectivity index (χ2v) is 9.39. The summed E-state index contributed by atoms with van der Waals surface area (Å²) >= 11 is 0. The van der Waals surface area contributed by atoms with Gasteiger partial charge in [-0.2, -0.15) is 0 Å². The van der Waals surface area contributed by atoms with Crippen molar-refractivity contribution in [1.82, 2.24) is 4.90 Å². The Morgan fingerprint density at radius 3 is 1.47 bits per heavy atom. The van der Waals surface area contributed by atoms with Crippen LogP contribution in [0, 0.1) is 0 Å². The Morgan fingerprint density at radius 1 is 0.706 bits per heavy atom. The zero-order valence-electron chi connectivity index (χ0n) is 23.0. The fourth-order valence-corrected chi connectivity index (χ4v) is 3.33. The van der Waals surface area contributed by atoms with Gasteiger partial charge in [-0.25, -0.2) is 9.59 Å². The molecule has 0 saturated carbocycles. The number of esters is 2. The summed E-state index contributed by atoms with van der Waals surface area (Å²) < 4.78 is 9.79. The maximum atomic E-state index is 10.8. The third-order valence-electron chi connectivity index (χ3n) is 5.53. The molecule has 200 valence electrons. The van der Waals surface area contributed by atoms with E-state index in [1.807, 2.05) is 19.0 Å². The molecule has 0 bridgehead atoms. The summed E-state index contributed by atoms with van der Waals surface area (Å²) in [5.41, 5.74) is 0.448. The van der Waals surface area contributed by atoms with Crippen LogP contribution in [-0.2, 0) is 19.1 Å². The van der Waals surface area contributed by atoms with Crippen molar-refractivity contribution in [3.05, 3.63) is 24.8 Å². The van der Waals surface area contributed by atoms with Crippen molar-refractivity contribution in [2.24, 2.45) is 0 Å². The summed E-state index contributed by atoms with van der Waals surface area (Å²) in [6.07, 6.45) is 23.0. The first-order valence-electron chi connectivity index (χ1n) is 13.6. The number of carbonyl (C=O) groups is 2. The fourth-order valence-electron chi connectivity index (χ4n) is 3.33. The van der Waals surface area contributed by atoms with Crippen molar-refractivity contribution in [2.45, 2.75) is 117 Å². The van der Waals surface area contributed by atoms with E-state index in [0.717, 1.165) is 13.0 Å². The van der Waals surface area contributed by atoms with Crippen molar-refractivity contribution in [3.63, 3.8) is 0 Å². The van der Waals surface area contributed by atoms with Gasteiger partial charge in [-0.1, -0.05) is 116 Å². The highest BCUT2D eigenvalue weighted by molar-refractivity contribution is 5.86. The molecule has 0 aromatic rings. The molecule has 5 nitrogen and oxygen atoms in total. The van der Waals surface area contributed by atoms with Gasteiger partial charge >= 0.3 is 11.9 Å². The SMILES string of the molecule is C=C(C)C(=O)OCCN(C)C.C=CC(=O)OCCCCCCCCCCCCCCCCCC. The predicted octanol–water partition coefficient (Wildman–Crippen LogP) is 7.64. The quantitative estimate of drug-likeness (QED) is 0.0903. The van der Waals surface area contributed by atoms with Gasteiger partial charge in [0.05, 0.1) is 6.61 Å². The van der Waals surface area contributed by atoms with E-state index >= 15 is 0 Å². The average molecular weight is 482 g/mol.